The van der Waals surface area contributed by atoms with Gasteiger partial charge in [-0.3, -0.25) is 0 Å². The monoisotopic (exact) mass is 202 g/mol. The normalized spacial score (nSPS) is 10.6. The molecule has 0 aliphatic heterocycles. The number of hydrogen-bond acceptors (Lipinski definition) is 3. The number of aryl methyl sites for hydroxylation is 1. The molecule has 0 unspecified atom stereocenters. The van der Waals surface area contributed by atoms with E-state index in [-0.39, 0.29) is 5.69 Å². The Morgan fingerprint density at radius 3 is 2.64 bits per heavy atom. The number of nitrogens with two attached hydrogens (primary N) is 1. The van der Waals surface area contributed by atoms with Crippen LogP contribution in [0.25, 0.3) is 0 Å². The van der Waals surface area contributed by atoms with E-state index in [0.29, 0.717) is 0 Å². The molecule has 0 bridgehead atoms. The number of pyridine rings is 1. The van der Waals surface area contributed by atoms with Crippen LogP contribution in [-0.4, -0.2) is 16.1 Å². The maximum atomic E-state index is 12.4. The molecular formula is C8H8F2N2O2. The van der Waals surface area contributed by atoms with Crippen molar-refractivity contribution >= 4 is 11.7 Å². The highest BCUT2D eigenvalue weighted by Gasteiger charge is 2.19. The minimum absolute atomic E-state index is 0.201. The number of rotatable bonds is 2. The first-order valence-corrected chi connectivity index (χ1v) is 3.72. The summed E-state index contributed by atoms with van der Waals surface area (Å²) in [6.45, 7) is 1.43. The molecule has 1 aromatic heterocycles. The van der Waals surface area contributed by atoms with Crippen molar-refractivity contribution in [3.8, 4) is 0 Å². The highest BCUT2D eigenvalue weighted by Crippen LogP contribution is 2.27. The van der Waals surface area contributed by atoms with E-state index in [1.807, 2.05) is 0 Å². The SMILES string of the molecule is Cc1cc(C(F)F)c(N)c(C(=O)O)n1. The predicted octanol–water partition coefficient (Wildman–Crippen LogP) is 1.61. The molecule has 14 heavy (non-hydrogen) atoms. The number of aromatic nitrogens is 1. The van der Waals surface area contributed by atoms with Gasteiger partial charge < -0.3 is 10.8 Å². The van der Waals surface area contributed by atoms with Gasteiger partial charge in [-0.1, -0.05) is 0 Å². The van der Waals surface area contributed by atoms with Gasteiger partial charge in [0.1, 0.15) is 0 Å². The topological polar surface area (TPSA) is 76.2 Å². The van der Waals surface area contributed by atoms with E-state index in [1.54, 1.807) is 0 Å². The number of nitrogens with zero attached hydrogens (tertiary/aromatic N) is 1. The lowest BCUT2D eigenvalue weighted by Gasteiger charge is -2.07. The fraction of sp³-hybridized carbons (Fsp3) is 0.250. The van der Waals surface area contributed by atoms with E-state index in [4.69, 9.17) is 10.8 Å². The third-order valence-corrected chi connectivity index (χ3v) is 1.66. The lowest BCUT2D eigenvalue weighted by Crippen LogP contribution is -2.09. The van der Waals surface area contributed by atoms with Crippen LogP contribution in [0.4, 0.5) is 14.5 Å². The molecule has 76 valence electrons. The molecule has 0 atom stereocenters. The molecule has 0 spiro atoms. The van der Waals surface area contributed by atoms with Crippen molar-refractivity contribution in [3.63, 3.8) is 0 Å². The molecule has 0 saturated carbocycles. The molecule has 0 aliphatic rings. The molecule has 0 aliphatic carbocycles. The fourth-order valence-corrected chi connectivity index (χ4v) is 1.05. The van der Waals surface area contributed by atoms with Crippen molar-refractivity contribution < 1.29 is 18.7 Å². The number of alkyl halides is 2. The summed E-state index contributed by atoms with van der Waals surface area (Å²) in [6, 6.07) is 1.08. The van der Waals surface area contributed by atoms with Gasteiger partial charge in [0.2, 0.25) is 0 Å². The molecular weight excluding hydrogens is 194 g/mol. The van der Waals surface area contributed by atoms with Gasteiger partial charge in [-0.15, -0.1) is 0 Å². The van der Waals surface area contributed by atoms with Crippen LogP contribution >= 0.6 is 0 Å². The lowest BCUT2D eigenvalue weighted by molar-refractivity contribution is 0.0691. The average molecular weight is 202 g/mol. The van der Waals surface area contributed by atoms with Crippen molar-refractivity contribution in [3.05, 3.63) is 23.0 Å². The van der Waals surface area contributed by atoms with E-state index < -0.39 is 29.3 Å². The second kappa shape index (κ2) is 3.57. The standard InChI is InChI=1S/C8H8F2N2O2/c1-3-2-4(7(9)10)5(11)6(12-3)8(13)14/h2,7H,11H2,1H3,(H,13,14). The number of anilines is 1. The minimum atomic E-state index is -2.80. The van der Waals surface area contributed by atoms with Gasteiger partial charge >= 0.3 is 5.97 Å². The van der Waals surface area contributed by atoms with Crippen molar-refractivity contribution in [2.45, 2.75) is 13.3 Å². The van der Waals surface area contributed by atoms with Crippen LogP contribution in [-0.2, 0) is 0 Å². The number of halogens is 2. The zero-order chi connectivity index (χ0) is 10.9. The van der Waals surface area contributed by atoms with E-state index in [1.165, 1.54) is 6.92 Å². The number of carboxylic acids is 1. The molecule has 0 fully saturated rings. The van der Waals surface area contributed by atoms with Crippen molar-refractivity contribution in [1.29, 1.82) is 0 Å². The summed E-state index contributed by atoms with van der Waals surface area (Å²) in [4.78, 5) is 14.1. The van der Waals surface area contributed by atoms with Crippen LogP contribution < -0.4 is 5.73 Å². The number of aromatic carboxylic acids is 1. The first-order valence-electron chi connectivity index (χ1n) is 3.72. The molecule has 3 N–H and O–H groups in total. The van der Waals surface area contributed by atoms with E-state index in [2.05, 4.69) is 4.98 Å². The molecule has 1 rings (SSSR count). The molecule has 1 aromatic rings. The summed E-state index contributed by atoms with van der Waals surface area (Å²) in [5, 5.41) is 8.61. The Hall–Kier alpha value is -1.72. The smallest absolute Gasteiger partial charge is 0.356 e. The van der Waals surface area contributed by atoms with Crippen LogP contribution in [0.15, 0.2) is 6.07 Å². The number of hydrogen-bond donors (Lipinski definition) is 2. The molecule has 0 aromatic carbocycles. The Labute approximate surface area is 78.4 Å². The summed E-state index contributed by atoms with van der Waals surface area (Å²) in [5.41, 5.74) is 3.94. The Kier molecular flexibility index (Phi) is 2.64. The quantitative estimate of drug-likeness (QED) is 0.763. The second-order valence-electron chi connectivity index (χ2n) is 2.72. The Morgan fingerprint density at radius 1 is 1.64 bits per heavy atom. The van der Waals surface area contributed by atoms with Gasteiger partial charge in [0.25, 0.3) is 6.43 Å². The number of carboxylic acid groups (broad SMARTS) is 1. The number of carbonyl (C=O) groups is 1. The Bertz CT molecular complexity index is 380. The predicted molar refractivity (Wildman–Crippen MR) is 45.3 cm³/mol. The third-order valence-electron chi connectivity index (χ3n) is 1.66. The van der Waals surface area contributed by atoms with Crippen LogP contribution in [0, 0.1) is 6.92 Å². The summed E-state index contributed by atoms with van der Waals surface area (Å²) >= 11 is 0. The summed E-state index contributed by atoms with van der Waals surface area (Å²) in [6.07, 6.45) is -2.80. The third kappa shape index (κ3) is 1.78. The average Bonchev–Trinajstić information content (AvgIpc) is 2.07. The molecule has 4 nitrogen and oxygen atoms in total. The summed E-state index contributed by atoms with van der Waals surface area (Å²) in [7, 11) is 0. The van der Waals surface area contributed by atoms with E-state index in [0.717, 1.165) is 6.07 Å². The molecule has 0 saturated heterocycles. The Morgan fingerprint density at radius 2 is 2.21 bits per heavy atom. The van der Waals surface area contributed by atoms with Crippen LogP contribution in [0.2, 0.25) is 0 Å². The van der Waals surface area contributed by atoms with Gasteiger partial charge in [-0.25, -0.2) is 18.6 Å². The molecule has 1 heterocycles. The minimum Gasteiger partial charge on any atom is -0.476 e. The zero-order valence-corrected chi connectivity index (χ0v) is 7.29. The Balaban J connectivity index is 3.40. The second-order valence-corrected chi connectivity index (χ2v) is 2.72. The molecule has 6 heteroatoms. The van der Waals surface area contributed by atoms with Gasteiger partial charge in [0, 0.05) is 11.3 Å². The van der Waals surface area contributed by atoms with Crippen molar-refractivity contribution in [2.75, 3.05) is 5.73 Å². The molecule has 0 amide bonds. The first-order chi connectivity index (χ1) is 6.43. The van der Waals surface area contributed by atoms with Crippen LogP contribution in [0.1, 0.15) is 28.2 Å². The van der Waals surface area contributed by atoms with Gasteiger partial charge in [0.05, 0.1) is 5.69 Å². The highest BCUT2D eigenvalue weighted by molar-refractivity contribution is 5.92. The maximum absolute atomic E-state index is 12.4. The summed E-state index contributed by atoms with van der Waals surface area (Å²) < 4.78 is 24.7. The highest BCUT2D eigenvalue weighted by atomic mass is 19.3. The van der Waals surface area contributed by atoms with Crippen LogP contribution in [0.3, 0.4) is 0 Å². The first kappa shape index (κ1) is 10.4. The summed E-state index contributed by atoms with van der Waals surface area (Å²) in [5.74, 6) is -1.41. The maximum Gasteiger partial charge on any atom is 0.356 e. The zero-order valence-electron chi connectivity index (χ0n) is 7.29. The fourth-order valence-electron chi connectivity index (χ4n) is 1.05. The van der Waals surface area contributed by atoms with Gasteiger partial charge in [-0.2, -0.15) is 0 Å². The van der Waals surface area contributed by atoms with Crippen molar-refractivity contribution in [1.82, 2.24) is 4.98 Å². The van der Waals surface area contributed by atoms with Crippen LogP contribution in [0.5, 0.6) is 0 Å². The van der Waals surface area contributed by atoms with Crippen molar-refractivity contribution in [2.24, 2.45) is 0 Å². The van der Waals surface area contributed by atoms with Gasteiger partial charge in [-0.05, 0) is 13.0 Å². The van der Waals surface area contributed by atoms with E-state index >= 15 is 0 Å². The largest absolute Gasteiger partial charge is 0.476 e. The molecule has 0 radical (unpaired) electrons. The number of nitrogen functional groups attached to an aromatic ring is 1. The van der Waals surface area contributed by atoms with Gasteiger partial charge in [0.15, 0.2) is 5.69 Å². The van der Waals surface area contributed by atoms with E-state index in [9.17, 15) is 13.6 Å². The lowest BCUT2D eigenvalue weighted by atomic mass is 10.1.